The van der Waals surface area contributed by atoms with Gasteiger partial charge in [-0.15, -0.1) is 0 Å². The van der Waals surface area contributed by atoms with Crippen LogP contribution in [-0.2, 0) is 6.18 Å². The minimum atomic E-state index is -4.39. The maximum Gasteiger partial charge on any atom is 0.416 e. The van der Waals surface area contributed by atoms with E-state index in [4.69, 9.17) is 15.4 Å². The van der Waals surface area contributed by atoms with E-state index >= 15 is 0 Å². The highest BCUT2D eigenvalue weighted by molar-refractivity contribution is 5.95. The number of oxazole rings is 1. The zero-order valence-corrected chi connectivity index (χ0v) is 13.0. The van der Waals surface area contributed by atoms with Crippen molar-refractivity contribution in [3.8, 4) is 11.3 Å². The smallest absolute Gasteiger partial charge is 0.416 e. The molecule has 2 aromatic heterocycles. The van der Waals surface area contributed by atoms with Crippen LogP contribution in [0.15, 0.2) is 58.4 Å². The van der Waals surface area contributed by atoms with Gasteiger partial charge in [-0.05, 0) is 24.3 Å². The third-order valence-electron chi connectivity index (χ3n) is 3.40. The van der Waals surface area contributed by atoms with Crippen LogP contribution in [0.2, 0.25) is 0 Å². The van der Waals surface area contributed by atoms with Gasteiger partial charge in [0, 0.05) is 5.56 Å². The molecular formula is C16H12F3N5O2. The van der Waals surface area contributed by atoms with Crippen LogP contribution < -0.4 is 11.1 Å². The van der Waals surface area contributed by atoms with Crippen molar-refractivity contribution in [2.24, 2.45) is 10.9 Å². The number of anilines is 2. The third-order valence-corrected chi connectivity index (χ3v) is 3.40. The van der Waals surface area contributed by atoms with Crippen molar-refractivity contribution in [2.75, 3.05) is 5.32 Å². The Morgan fingerprint density at radius 2 is 1.88 bits per heavy atom. The fourth-order valence-electron chi connectivity index (χ4n) is 2.09. The van der Waals surface area contributed by atoms with E-state index in [0.717, 1.165) is 12.1 Å². The Balaban J connectivity index is 1.74. The molecule has 3 aromatic rings. The molecule has 0 saturated carbocycles. The van der Waals surface area contributed by atoms with Crippen molar-refractivity contribution < 1.29 is 22.8 Å². The Labute approximate surface area is 145 Å². The van der Waals surface area contributed by atoms with E-state index in [9.17, 15) is 13.2 Å². The molecule has 10 heteroatoms. The Morgan fingerprint density at radius 3 is 2.46 bits per heavy atom. The van der Waals surface area contributed by atoms with Gasteiger partial charge in [-0.25, -0.2) is 0 Å². The van der Waals surface area contributed by atoms with E-state index in [1.807, 2.05) is 0 Å². The number of halogens is 3. The quantitative estimate of drug-likeness (QED) is 0.283. The van der Waals surface area contributed by atoms with E-state index < -0.39 is 11.7 Å². The Bertz CT molecular complexity index is 918. The van der Waals surface area contributed by atoms with Crippen LogP contribution in [0.3, 0.4) is 0 Å². The van der Waals surface area contributed by atoms with Crippen LogP contribution in [0.5, 0.6) is 0 Å². The predicted molar refractivity (Wildman–Crippen MR) is 87.0 cm³/mol. The van der Waals surface area contributed by atoms with Crippen molar-refractivity contribution >= 4 is 17.5 Å². The van der Waals surface area contributed by atoms with E-state index in [1.54, 1.807) is 6.07 Å². The summed E-state index contributed by atoms with van der Waals surface area (Å²) in [6.07, 6.45) is -1.64. The van der Waals surface area contributed by atoms with Crippen LogP contribution in [0, 0.1) is 0 Å². The second-order valence-electron chi connectivity index (χ2n) is 5.16. The molecule has 0 spiro atoms. The van der Waals surface area contributed by atoms with Crippen LogP contribution in [0.25, 0.3) is 11.3 Å². The van der Waals surface area contributed by atoms with Gasteiger partial charge < -0.3 is 20.7 Å². The molecule has 0 fully saturated rings. The molecule has 0 atom stereocenters. The lowest BCUT2D eigenvalue weighted by atomic mass is 10.1. The van der Waals surface area contributed by atoms with Gasteiger partial charge in [-0.2, -0.15) is 18.2 Å². The highest BCUT2D eigenvalue weighted by Gasteiger charge is 2.30. The number of alkyl halides is 3. The summed E-state index contributed by atoms with van der Waals surface area (Å²) in [5.41, 5.74) is 6.36. The first-order valence-corrected chi connectivity index (χ1v) is 7.21. The minimum Gasteiger partial charge on any atom is -0.431 e. The summed E-state index contributed by atoms with van der Waals surface area (Å²) >= 11 is 0. The fourth-order valence-corrected chi connectivity index (χ4v) is 2.09. The summed E-state index contributed by atoms with van der Waals surface area (Å²) in [6, 6.07) is 7.87. The highest BCUT2D eigenvalue weighted by Crippen LogP contribution is 2.31. The number of amidine groups is 1. The van der Waals surface area contributed by atoms with Gasteiger partial charge >= 0.3 is 6.18 Å². The van der Waals surface area contributed by atoms with Gasteiger partial charge in [0.25, 0.3) is 6.01 Å². The molecule has 4 N–H and O–H groups in total. The molecule has 3 rings (SSSR count). The van der Waals surface area contributed by atoms with Crippen molar-refractivity contribution in [1.29, 1.82) is 0 Å². The molecule has 1 aromatic carbocycles. The lowest BCUT2D eigenvalue weighted by molar-refractivity contribution is -0.137. The van der Waals surface area contributed by atoms with Gasteiger partial charge in [0.15, 0.2) is 5.84 Å². The Hall–Kier alpha value is -3.56. The summed E-state index contributed by atoms with van der Waals surface area (Å²) in [5, 5.41) is 14.3. The number of aromatic nitrogens is 2. The van der Waals surface area contributed by atoms with Crippen molar-refractivity contribution in [3.63, 3.8) is 0 Å². The maximum atomic E-state index is 12.6. The number of nitrogens with one attached hydrogen (secondary N) is 1. The summed E-state index contributed by atoms with van der Waals surface area (Å²) in [5.74, 6) is -0.128. The molecule has 0 radical (unpaired) electrons. The van der Waals surface area contributed by atoms with E-state index in [1.165, 1.54) is 30.7 Å². The molecule has 134 valence electrons. The lowest BCUT2D eigenvalue weighted by Crippen LogP contribution is -2.14. The number of benzene rings is 1. The minimum absolute atomic E-state index is 0.128. The fraction of sp³-hybridized carbons (Fsp3) is 0.0625. The van der Waals surface area contributed by atoms with Gasteiger partial charge in [-0.1, -0.05) is 17.3 Å². The van der Waals surface area contributed by atoms with Crippen molar-refractivity contribution in [1.82, 2.24) is 9.97 Å². The van der Waals surface area contributed by atoms with Crippen molar-refractivity contribution in [2.45, 2.75) is 6.18 Å². The average molecular weight is 363 g/mol. The number of hydrogen-bond donors (Lipinski definition) is 3. The molecule has 26 heavy (non-hydrogen) atoms. The Kier molecular flexibility index (Phi) is 4.48. The third kappa shape index (κ3) is 3.74. The molecular weight excluding hydrogens is 351 g/mol. The number of rotatable bonds is 4. The molecule has 0 aliphatic rings. The lowest BCUT2D eigenvalue weighted by Gasteiger charge is -2.06. The monoisotopic (exact) mass is 363 g/mol. The molecule has 0 aliphatic carbocycles. The topological polar surface area (TPSA) is 110 Å². The summed E-state index contributed by atoms with van der Waals surface area (Å²) in [4.78, 5) is 8.16. The molecule has 0 unspecified atom stereocenters. The maximum absolute atomic E-state index is 12.6. The van der Waals surface area contributed by atoms with E-state index in [2.05, 4.69) is 20.4 Å². The van der Waals surface area contributed by atoms with Gasteiger partial charge in [0.05, 0.1) is 17.4 Å². The zero-order chi connectivity index (χ0) is 18.7. The summed E-state index contributed by atoms with van der Waals surface area (Å²) < 4.78 is 43.0. The molecule has 2 heterocycles. The second-order valence-corrected chi connectivity index (χ2v) is 5.16. The average Bonchev–Trinajstić information content (AvgIpc) is 3.09. The van der Waals surface area contributed by atoms with E-state index in [0.29, 0.717) is 16.9 Å². The summed E-state index contributed by atoms with van der Waals surface area (Å²) in [7, 11) is 0. The van der Waals surface area contributed by atoms with Crippen LogP contribution in [0.4, 0.5) is 24.9 Å². The Morgan fingerprint density at radius 1 is 1.15 bits per heavy atom. The van der Waals surface area contributed by atoms with Crippen LogP contribution in [-0.4, -0.2) is 21.0 Å². The number of nitrogens with two attached hydrogens (primary N) is 1. The van der Waals surface area contributed by atoms with Crippen LogP contribution >= 0.6 is 0 Å². The first-order valence-electron chi connectivity index (χ1n) is 7.21. The molecule has 0 aliphatic heterocycles. The number of pyridine rings is 1. The zero-order valence-electron chi connectivity index (χ0n) is 13.0. The summed E-state index contributed by atoms with van der Waals surface area (Å²) in [6.45, 7) is 0. The molecule has 0 bridgehead atoms. The molecule has 0 amide bonds. The number of nitrogens with zero attached hydrogens (tertiary/aromatic N) is 3. The predicted octanol–water partition coefficient (Wildman–Crippen LogP) is 3.59. The van der Waals surface area contributed by atoms with Crippen LogP contribution in [0.1, 0.15) is 11.3 Å². The SMILES string of the molecule is N/C(=N\O)c1ccc(Nc2nc(-c3ccc(C(F)(F)F)cc3)co2)cn1. The second kappa shape index (κ2) is 6.75. The first-order chi connectivity index (χ1) is 12.4. The van der Waals surface area contributed by atoms with Gasteiger partial charge in [0.1, 0.15) is 17.7 Å². The van der Waals surface area contributed by atoms with Crippen molar-refractivity contribution in [3.05, 3.63) is 60.1 Å². The number of hydrogen-bond acceptors (Lipinski definition) is 6. The highest BCUT2D eigenvalue weighted by atomic mass is 19.4. The molecule has 0 saturated heterocycles. The largest absolute Gasteiger partial charge is 0.431 e. The standard InChI is InChI=1S/C16H12F3N5O2/c17-16(18,19)10-3-1-9(2-4-10)13-8-26-15(23-13)22-11-5-6-12(21-7-11)14(20)24-25/h1-8,25H,(H2,20,24)(H,22,23). The molecule has 7 nitrogen and oxygen atoms in total. The first kappa shape index (κ1) is 17.3. The van der Waals surface area contributed by atoms with Gasteiger partial charge in [-0.3, -0.25) is 4.98 Å². The number of oxime groups is 1. The van der Waals surface area contributed by atoms with E-state index in [-0.39, 0.29) is 17.5 Å². The van der Waals surface area contributed by atoms with Gasteiger partial charge in [0.2, 0.25) is 0 Å². The normalized spacial score (nSPS) is 12.2.